The number of carbonyl (C=O) groups is 1. The number of aromatic hydroxyl groups is 1. The topological polar surface area (TPSA) is 98.2 Å². The summed E-state index contributed by atoms with van der Waals surface area (Å²) in [5.74, 6) is 1.08. The highest BCUT2D eigenvalue weighted by Gasteiger charge is 2.12. The van der Waals surface area contributed by atoms with Crippen molar-refractivity contribution in [2.75, 3.05) is 7.11 Å². The van der Waals surface area contributed by atoms with Gasteiger partial charge in [0.15, 0.2) is 17.3 Å². The molecule has 2 N–H and O–H groups in total. The highest BCUT2D eigenvalue weighted by molar-refractivity contribution is 9.10. The molecule has 0 radical (unpaired) electrons. The monoisotopic (exact) mass is 537 g/mol. The van der Waals surface area contributed by atoms with Crippen molar-refractivity contribution in [1.82, 2.24) is 9.99 Å². The first-order chi connectivity index (χ1) is 16.9. The Balaban J connectivity index is 1.32. The van der Waals surface area contributed by atoms with Gasteiger partial charge in [0.1, 0.15) is 18.1 Å². The van der Waals surface area contributed by atoms with Gasteiger partial charge in [0, 0.05) is 17.1 Å². The van der Waals surface area contributed by atoms with E-state index in [2.05, 4.69) is 57.0 Å². The van der Waals surface area contributed by atoms with Crippen molar-refractivity contribution in [1.29, 1.82) is 0 Å². The molecule has 0 fully saturated rings. The number of nitrogens with zero attached hydrogens (tertiary/aromatic N) is 2. The zero-order chi connectivity index (χ0) is 24.9. The maximum atomic E-state index is 12.3. The second-order valence-electron chi connectivity index (χ2n) is 7.75. The molecule has 0 atom stereocenters. The Morgan fingerprint density at radius 3 is 2.51 bits per heavy atom. The number of ether oxygens (including phenoxy) is 2. The largest absolute Gasteiger partial charge is 0.503 e. The van der Waals surface area contributed by atoms with Gasteiger partial charge in [-0.05, 0) is 96.0 Å². The van der Waals surface area contributed by atoms with Crippen LogP contribution < -0.4 is 14.9 Å². The first kappa shape index (κ1) is 24.2. The van der Waals surface area contributed by atoms with Gasteiger partial charge in [-0.3, -0.25) is 4.79 Å². The van der Waals surface area contributed by atoms with E-state index in [1.54, 1.807) is 24.3 Å². The Morgan fingerprint density at radius 1 is 1.11 bits per heavy atom. The van der Waals surface area contributed by atoms with Crippen LogP contribution in [0.15, 0.2) is 74.7 Å². The lowest BCUT2D eigenvalue weighted by molar-refractivity contribution is 0.0923. The number of hydrazone groups is 1. The first-order valence-corrected chi connectivity index (χ1v) is 11.5. The van der Waals surface area contributed by atoms with Crippen LogP contribution in [0.3, 0.4) is 0 Å². The Morgan fingerprint density at radius 2 is 1.83 bits per heavy atom. The number of methoxy groups -OCH3 is 1. The lowest BCUT2D eigenvalue weighted by atomic mass is 10.2. The lowest BCUT2D eigenvalue weighted by Gasteiger charge is -2.10. The van der Waals surface area contributed by atoms with Gasteiger partial charge in [0.05, 0.1) is 17.8 Å². The molecule has 0 spiro atoms. The van der Waals surface area contributed by atoms with E-state index in [1.165, 1.54) is 13.3 Å². The van der Waals surface area contributed by atoms with Crippen molar-refractivity contribution < 1.29 is 23.8 Å². The van der Waals surface area contributed by atoms with Crippen LogP contribution in [-0.2, 0) is 6.61 Å². The summed E-state index contributed by atoms with van der Waals surface area (Å²) in [6.45, 7) is 4.31. The van der Waals surface area contributed by atoms with Gasteiger partial charge in [-0.25, -0.2) is 5.43 Å². The molecule has 4 rings (SSSR count). The number of aromatic nitrogens is 1. The molecule has 35 heavy (non-hydrogen) atoms. The Hall–Kier alpha value is -3.98. The maximum Gasteiger partial charge on any atom is 0.307 e. The highest BCUT2D eigenvalue weighted by atomic mass is 79.9. The normalized spacial score (nSPS) is 11.1. The fraction of sp³-hybridized carbons (Fsp3) is 0.154. The van der Waals surface area contributed by atoms with E-state index in [0.29, 0.717) is 21.5 Å². The molecule has 0 aliphatic carbocycles. The number of benzene rings is 2. The summed E-state index contributed by atoms with van der Waals surface area (Å²) in [7, 11) is 1.45. The second kappa shape index (κ2) is 10.5. The zero-order valence-corrected chi connectivity index (χ0v) is 21.0. The number of furan rings is 1. The van der Waals surface area contributed by atoms with Crippen molar-refractivity contribution in [2.24, 2.45) is 5.10 Å². The number of hydrogen-bond acceptors (Lipinski definition) is 6. The molecule has 0 aliphatic rings. The number of halogens is 1. The van der Waals surface area contributed by atoms with Gasteiger partial charge in [-0.1, -0.05) is 0 Å². The molecule has 0 saturated heterocycles. The molecular weight excluding hydrogens is 514 g/mol. The Bertz CT molecular complexity index is 1350. The summed E-state index contributed by atoms with van der Waals surface area (Å²) >= 11 is 3.24. The molecule has 0 bridgehead atoms. The molecule has 0 saturated carbocycles. The Labute approximate surface area is 210 Å². The van der Waals surface area contributed by atoms with Crippen LogP contribution in [0.1, 0.15) is 33.3 Å². The van der Waals surface area contributed by atoms with Crippen molar-refractivity contribution in [3.05, 3.63) is 93.6 Å². The number of aryl methyl sites for hydroxylation is 2. The SMILES string of the molecule is COc1cc(/C=N/NC(=O)c2ccc(COc3ccc(-n4c(C)ccc4C)cc3)o2)cc(Br)c1O. The molecule has 8 nitrogen and oxygen atoms in total. The third kappa shape index (κ3) is 5.58. The summed E-state index contributed by atoms with van der Waals surface area (Å²) in [4.78, 5) is 12.3. The lowest BCUT2D eigenvalue weighted by Crippen LogP contribution is -2.16. The molecular formula is C26H24BrN3O5. The number of rotatable bonds is 8. The predicted molar refractivity (Wildman–Crippen MR) is 136 cm³/mol. The molecule has 4 aromatic rings. The number of phenolic OH excluding ortho intramolecular Hbond substituents is 1. The molecule has 9 heteroatoms. The molecule has 180 valence electrons. The van der Waals surface area contributed by atoms with Gasteiger partial charge in [-0.15, -0.1) is 0 Å². The second-order valence-corrected chi connectivity index (χ2v) is 8.61. The van der Waals surface area contributed by atoms with Gasteiger partial charge in [0.2, 0.25) is 0 Å². The molecule has 1 amide bonds. The average Bonchev–Trinajstić information content (AvgIpc) is 3.46. The molecule has 0 unspecified atom stereocenters. The summed E-state index contributed by atoms with van der Waals surface area (Å²) < 4.78 is 19.1. The van der Waals surface area contributed by atoms with E-state index < -0.39 is 5.91 Å². The summed E-state index contributed by atoms with van der Waals surface area (Å²) in [5, 5.41) is 13.8. The first-order valence-electron chi connectivity index (χ1n) is 10.7. The minimum absolute atomic E-state index is 0.0129. The number of nitrogens with one attached hydrogen (secondary N) is 1. The summed E-state index contributed by atoms with van der Waals surface area (Å²) in [5.41, 5.74) is 6.42. The predicted octanol–water partition coefficient (Wildman–Crippen LogP) is 5.51. The minimum atomic E-state index is -0.501. The van der Waals surface area contributed by atoms with E-state index in [-0.39, 0.29) is 23.9 Å². The fourth-order valence-corrected chi connectivity index (χ4v) is 4.00. The van der Waals surface area contributed by atoms with Crippen LogP contribution in [0.25, 0.3) is 5.69 Å². The number of amides is 1. The van der Waals surface area contributed by atoms with Crippen molar-refractivity contribution in [3.8, 4) is 22.9 Å². The molecule has 2 heterocycles. The van der Waals surface area contributed by atoms with Crippen LogP contribution in [-0.4, -0.2) is 28.9 Å². The van der Waals surface area contributed by atoms with Crippen LogP contribution in [0.4, 0.5) is 0 Å². The van der Waals surface area contributed by atoms with Gasteiger partial charge < -0.3 is 23.6 Å². The van der Waals surface area contributed by atoms with E-state index >= 15 is 0 Å². The number of carbonyl (C=O) groups excluding carboxylic acids is 1. The standard InChI is InChI=1S/C26H24BrN3O5/c1-16-4-5-17(2)30(16)19-6-8-20(9-7-19)34-15-21-10-11-23(35-21)26(32)29-28-14-18-12-22(27)25(31)24(13-18)33-3/h4-14,31H,15H2,1-3H3,(H,29,32)/b28-14+. The number of hydrogen-bond donors (Lipinski definition) is 2. The third-order valence-electron chi connectivity index (χ3n) is 5.28. The van der Waals surface area contributed by atoms with E-state index in [4.69, 9.17) is 13.9 Å². The van der Waals surface area contributed by atoms with E-state index in [1.807, 2.05) is 24.3 Å². The van der Waals surface area contributed by atoms with Gasteiger partial charge >= 0.3 is 5.91 Å². The smallest absolute Gasteiger partial charge is 0.307 e. The van der Waals surface area contributed by atoms with Crippen molar-refractivity contribution in [2.45, 2.75) is 20.5 Å². The number of phenols is 1. The van der Waals surface area contributed by atoms with E-state index in [9.17, 15) is 9.90 Å². The summed E-state index contributed by atoms with van der Waals surface area (Å²) in [6, 6.07) is 18.4. The van der Waals surface area contributed by atoms with Crippen LogP contribution in [0, 0.1) is 13.8 Å². The Kier molecular flexibility index (Phi) is 7.26. The molecule has 2 aromatic heterocycles. The zero-order valence-electron chi connectivity index (χ0n) is 19.4. The fourth-order valence-electron chi connectivity index (χ4n) is 3.54. The average molecular weight is 538 g/mol. The van der Waals surface area contributed by atoms with E-state index in [0.717, 1.165) is 17.1 Å². The maximum absolute atomic E-state index is 12.3. The van der Waals surface area contributed by atoms with Gasteiger partial charge in [-0.2, -0.15) is 5.10 Å². The van der Waals surface area contributed by atoms with Crippen LogP contribution >= 0.6 is 15.9 Å². The molecule has 2 aromatic carbocycles. The van der Waals surface area contributed by atoms with Crippen molar-refractivity contribution in [3.63, 3.8) is 0 Å². The van der Waals surface area contributed by atoms with Gasteiger partial charge in [0.25, 0.3) is 0 Å². The summed E-state index contributed by atoms with van der Waals surface area (Å²) in [6.07, 6.45) is 1.43. The molecule has 0 aliphatic heterocycles. The minimum Gasteiger partial charge on any atom is -0.503 e. The van der Waals surface area contributed by atoms with Crippen molar-refractivity contribution >= 4 is 28.1 Å². The quantitative estimate of drug-likeness (QED) is 0.228. The van der Waals surface area contributed by atoms with Crippen LogP contribution in [0.5, 0.6) is 17.2 Å². The third-order valence-corrected chi connectivity index (χ3v) is 5.89. The highest BCUT2D eigenvalue weighted by Crippen LogP contribution is 2.34. The van der Waals surface area contributed by atoms with Crippen LogP contribution in [0.2, 0.25) is 0 Å².